The zero-order chi connectivity index (χ0) is 40.5. The summed E-state index contributed by atoms with van der Waals surface area (Å²) in [5, 5.41) is 9.46. The molecule has 0 radical (unpaired) electrons. The molecular formula is C42H52Cl2N4O7. The molecule has 55 heavy (non-hydrogen) atoms. The molecule has 1 aromatic heterocycles. The molecule has 11 nitrogen and oxygen atoms in total. The molecule has 0 spiro atoms. The van der Waals surface area contributed by atoms with Gasteiger partial charge in [-0.2, -0.15) is 0 Å². The van der Waals surface area contributed by atoms with Crippen LogP contribution in [0.2, 0.25) is 10.0 Å². The largest absolute Gasteiger partial charge is 0.469 e. The van der Waals surface area contributed by atoms with E-state index in [2.05, 4.69) is 28.5 Å². The Morgan fingerprint density at radius 2 is 1.56 bits per heavy atom. The van der Waals surface area contributed by atoms with Crippen molar-refractivity contribution in [1.29, 1.82) is 0 Å². The molecule has 1 amide bonds. The summed E-state index contributed by atoms with van der Waals surface area (Å²) in [5.74, 6) is -1.30. The lowest BCUT2D eigenvalue weighted by atomic mass is 9.69. The number of methoxy groups -OCH3 is 1. The molecule has 1 aliphatic heterocycles. The molecule has 0 aliphatic carbocycles. The van der Waals surface area contributed by atoms with Crippen LogP contribution in [0.3, 0.4) is 0 Å². The molecule has 1 unspecified atom stereocenters. The lowest BCUT2D eigenvalue weighted by molar-refractivity contribution is -0.151. The van der Waals surface area contributed by atoms with Gasteiger partial charge in [-0.3, -0.25) is 4.79 Å². The smallest absolute Gasteiger partial charge is 0.410 e. The van der Waals surface area contributed by atoms with Gasteiger partial charge in [-0.15, -0.1) is 5.10 Å². The Kier molecular flexibility index (Phi) is 12.6. The van der Waals surface area contributed by atoms with Crippen molar-refractivity contribution >= 4 is 52.3 Å². The van der Waals surface area contributed by atoms with Crippen LogP contribution in [-0.4, -0.2) is 69.4 Å². The SMILES string of the molecule is COC(=O)C(C)(C)C(c1ccc2c(c1)CN(C(=O)OC(C)(C)C)CC2)c1ccc2c(nnn2CCCOCc2cc(Cl)c(C(=O)OC(C)(C)C)c(Cl)c2)c1C. The van der Waals surface area contributed by atoms with Gasteiger partial charge in [0.1, 0.15) is 16.7 Å². The summed E-state index contributed by atoms with van der Waals surface area (Å²) in [6.07, 6.45) is 1.03. The van der Waals surface area contributed by atoms with E-state index in [0.717, 1.165) is 38.9 Å². The second kappa shape index (κ2) is 16.5. The molecule has 3 aromatic carbocycles. The van der Waals surface area contributed by atoms with Crippen molar-refractivity contribution in [3.05, 3.63) is 91.5 Å². The average Bonchev–Trinajstić information content (AvgIpc) is 3.50. The first-order chi connectivity index (χ1) is 25.7. The van der Waals surface area contributed by atoms with Gasteiger partial charge in [0.05, 0.1) is 40.3 Å². The monoisotopic (exact) mass is 794 g/mol. The van der Waals surface area contributed by atoms with E-state index in [1.54, 1.807) is 37.8 Å². The maximum atomic E-state index is 13.4. The van der Waals surface area contributed by atoms with Crippen molar-refractivity contribution in [1.82, 2.24) is 19.9 Å². The third-order valence-electron chi connectivity index (χ3n) is 9.59. The highest BCUT2D eigenvalue weighted by atomic mass is 35.5. The molecule has 2 heterocycles. The van der Waals surface area contributed by atoms with Crippen molar-refractivity contribution < 1.29 is 33.3 Å². The fraction of sp³-hybridized carbons (Fsp3) is 0.500. The summed E-state index contributed by atoms with van der Waals surface area (Å²) >= 11 is 12.8. The van der Waals surface area contributed by atoms with Crippen molar-refractivity contribution in [3.63, 3.8) is 0 Å². The fourth-order valence-corrected chi connectivity index (χ4v) is 7.69. The first kappa shape index (κ1) is 42.0. The van der Waals surface area contributed by atoms with Crippen molar-refractivity contribution in [2.24, 2.45) is 5.41 Å². The molecule has 1 aliphatic rings. The molecule has 296 valence electrons. The van der Waals surface area contributed by atoms with Crippen molar-refractivity contribution in [2.45, 2.75) is 112 Å². The van der Waals surface area contributed by atoms with Crippen molar-refractivity contribution in [2.75, 3.05) is 20.3 Å². The minimum Gasteiger partial charge on any atom is -0.469 e. The lowest BCUT2D eigenvalue weighted by Crippen LogP contribution is -2.40. The van der Waals surface area contributed by atoms with Crippen LogP contribution < -0.4 is 0 Å². The van der Waals surface area contributed by atoms with Gasteiger partial charge in [0.15, 0.2) is 0 Å². The van der Waals surface area contributed by atoms with E-state index in [-0.39, 0.29) is 40.2 Å². The molecule has 4 aromatic rings. The molecule has 0 fully saturated rings. The lowest BCUT2D eigenvalue weighted by Gasteiger charge is -2.35. The van der Waals surface area contributed by atoms with E-state index < -0.39 is 22.6 Å². The number of aryl methyl sites for hydroxylation is 2. The number of esters is 2. The fourth-order valence-electron chi connectivity index (χ4n) is 7.01. The van der Waals surface area contributed by atoms with E-state index in [1.165, 1.54) is 12.7 Å². The third kappa shape index (κ3) is 9.80. The van der Waals surface area contributed by atoms with Crippen LogP contribution in [0.4, 0.5) is 4.79 Å². The Morgan fingerprint density at radius 3 is 2.20 bits per heavy atom. The maximum Gasteiger partial charge on any atom is 0.410 e. The maximum absolute atomic E-state index is 13.4. The summed E-state index contributed by atoms with van der Waals surface area (Å²) in [5.41, 5.74) is 5.25. The van der Waals surface area contributed by atoms with E-state index >= 15 is 0 Å². The predicted octanol–water partition coefficient (Wildman–Crippen LogP) is 9.23. The number of nitrogens with zero attached hydrogens (tertiary/aromatic N) is 4. The average molecular weight is 796 g/mol. The number of carbonyl (C=O) groups excluding carboxylic acids is 3. The number of hydrogen-bond acceptors (Lipinski definition) is 9. The van der Waals surface area contributed by atoms with Crippen LogP contribution in [0.5, 0.6) is 0 Å². The first-order valence-corrected chi connectivity index (χ1v) is 19.3. The van der Waals surface area contributed by atoms with Gasteiger partial charge in [0, 0.05) is 32.2 Å². The summed E-state index contributed by atoms with van der Waals surface area (Å²) in [4.78, 5) is 40.7. The molecule has 1 atom stereocenters. The summed E-state index contributed by atoms with van der Waals surface area (Å²) in [6, 6.07) is 13.7. The minimum absolute atomic E-state index is 0.132. The van der Waals surface area contributed by atoms with Crippen LogP contribution in [0.15, 0.2) is 42.5 Å². The standard InChI is InChI=1S/C42H52Cl2N4O7/c1-25-30(35(42(8,9)38(50)52-10)28-13-12-27-16-18-47(23-29(27)22-28)39(51)55-41(5,6)7)14-15-33-36(25)45-46-48(33)17-11-19-53-24-26-20-31(43)34(32(44)21-26)37(49)54-40(2,3)4/h12-15,20-22,35H,11,16-19,23-24H2,1-10H3. The van der Waals surface area contributed by atoms with Gasteiger partial charge in [-0.25, -0.2) is 14.3 Å². The first-order valence-electron chi connectivity index (χ1n) is 18.5. The Balaban J connectivity index is 1.32. The number of hydrogen-bond donors (Lipinski definition) is 0. The zero-order valence-electron chi connectivity index (χ0n) is 33.5. The summed E-state index contributed by atoms with van der Waals surface area (Å²) in [7, 11) is 1.41. The van der Waals surface area contributed by atoms with Gasteiger partial charge < -0.3 is 23.8 Å². The van der Waals surface area contributed by atoms with E-state index in [4.69, 9.17) is 42.1 Å². The van der Waals surface area contributed by atoms with E-state index in [1.807, 2.05) is 58.4 Å². The molecule has 0 bridgehead atoms. The van der Waals surface area contributed by atoms with E-state index in [0.29, 0.717) is 39.1 Å². The van der Waals surface area contributed by atoms with Gasteiger partial charge in [-0.05, 0) is 127 Å². The number of carbonyl (C=O) groups is 3. The Hall–Kier alpha value is -4.19. The van der Waals surface area contributed by atoms with Crippen LogP contribution >= 0.6 is 23.2 Å². The Labute approximate surface area is 333 Å². The molecule has 5 rings (SSSR count). The number of benzene rings is 3. The summed E-state index contributed by atoms with van der Waals surface area (Å²) in [6.45, 7) is 19.0. The number of halogens is 2. The number of aromatic nitrogens is 3. The molecular weight excluding hydrogens is 743 g/mol. The highest BCUT2D eigenvalue weighted by molar-refractivity contribution is 6.39. The zero-order valence-corrected chi connectivity index (χ0v) is 35.0. The van der Waals surface area contributed by atoms with Gasteiger partial charge in [0.25, 0.3) is 0 Å². The molecule has 0 saturated heterocycles. The second-order valence-electron chi connectivity index (χ2n) is 16.6. The second-order valence-corrected chi connectivity index (χ2v) is 17.4. The Morgan fingerprint density at radius 1 is 0.891 bits per heavy atom. The summed E-state index contributed by atoms with van der Waals surface area (Å²) < 4.78 is 24.2. The number of ether oxygens (including phenoxy) is 4. The van der Waals surface area contributed by atoms with Crippen LogP contribution in [0, 0.1) is 12.3 Å². The third-order valence-corrected chi connectivity index (χ3v) is 10.2. The van der Waals surface area contributed by atoms with E-state index in [9.17, 15) is 14.4 Å². The Bertz CT molecular complexity index is 2060. The molecule has 13 heteroatoms. The van der Waals surface area contributed by atoms with Crippen LogP contribution in [0.25, 0.3) is 11.0 Å². The van der Waals surface area contributed by atoms with Crippen LogP contribution in [0.1, 0.15) is 111 Å². The van der Waals surface area contributed by atoms with Gasteiger partial charge in [0.2, 0.25) is 0 Å². The number of amides is 1. The number of rotatable bonds is 11. The highest BCUT2D eigenvalue weighted by Crippen LogP contribution is 2.45. The quantitative estimate of drug-likeness (QED) is 0.0831. The van der Waals surface area contributed by atoms with Crippen molar-refractivity contribution in [3.8, 4) is 0 Å². The minimum atomic E-state index is -0.946. The van der Waals surface area contributed by atoms with Gasteiger partial charge in [-0.1, -0.05) is 52.7 Å². The van der Waals surface area contributed by atoms with Crippen LogP contribution in [-0.2, 0) is 49.9 Å². The molecule has 0 saturated carbocycles. The normalized spacial score (nSPS) is 14.1. The highest BCUT2D eigenvalue weighted by Gasteiger charge is 2.41. The van der Waals surface area contributed by atoms with Gasteiger partial charge >= 0.3 is 18.0 Å². The topological polar surface area (TPSA) is 122 Å². The molecule has 0 N–H and O–H groups in total. The number of fused-ring (bicyclic) bond motifs is 2. The predicted molar refractivity (Wildman–Crippen MR) is 213 cm³/mol.